The second-order valence-corrected chi connectivity index (χ2v) is 5.76. The number of nitriles is 1. The number of benzene rings is 1. The molecule has 1 aromatic carbocycles. The molecule has 0 bridgehead atoms. The molecule has 0 aromatic heterocycles. The Balaban J connectivity index is 3.57. The molecule has 0 saturated carbocycles. The maximum atomic E-state index is 11.2. The molecule has 0 N–H and O–H groups in total. The summed E-state index contributed by atoms with van der Waals surface area (Å²) in [6.07, 6.45) is 0. The second-order valence-electron chi connectivity index (χ2n) is 2.96. The summed E-state index contributed by atoms with van der Waals surface area (Å²) >= 11 is 5.59. The van der Waals surface area contributed by atoms with E-state index in [1.54, 1.807) is 6.92 Å². The van der Waals surface area contributed by atoms with Gasteiger partial charge in [-0.1, -0.05) is 0 Å². The minimum absolute atomic E-state index is 0.00373. The van der Waals surface area contributed by atoms with Crippen molar-refractivity contribution in [3.63, 3.8) is 0 Å². The summed E-state index contributed by atoms with van der Waals surface area (Å²) in [5.74, 6) is -0.00373. The van der Waals surface area contributed by atoms with Crippen LogP contribution >= 0.6 is 22.3 Å². The number of hydrogen-bond donors (Lipinski definition) is 0. The lowest BCUT2D eigenvalue weighted by atomic mass is 10.1. The summed E-state index contributed by atoms with van der Waals surface area (Å²) in [4.78, 5) is -0.0318. The van der Waals surface area contributed by atoms with Gasteiger partial charge in [-0.3, -0.25) is 0 Å². The number of alkyl halides is 1. The molecule has 0 spiro atoms. The van der Waals surface area contributed by atoms with Gasteiger partial charge in [-0.2, -0.15) is 5.26 Å². The van der Waals surface area contributed by atoms with Gasteiger partial charge < -0.3 is 0 Å². The van der Waals surface area contributed by atoms with Crippen LogP contribution in [0.1, 0.15) is 16.7 Å². The number of hydrogen-bond acceptors (Lipinski definition) is 3. The molecule has 3 nitrogen and oxygen atoms in total. The van der Waals surface area contributed by atoms with Crippen LogP contribution < -0.4 is 0 Å². The van der Waals surface area contributed by atoms with E-state index in [1.807, 2.05) is 6.07 Å². The lowest BCUT2D eigenvalue weighted by Crippen LogP contribution is -1.99. The van der Waals surface area contributed by atoms with Crippen molar-refractivity contribution in [2.45, 2.75) is 17.7 Å². The van der Waals surface area contributed by atoms with Crippen molar-refractivity contribution in [3.05, 3.63) is 28.8 Å². The number of aryl methyl sites for hydroxylation is 1. The zero-order valence-corrected chi connectivity index (χ0v) is 10.1. The Labute approximate surface area is 97.7 Å². The van der Waals surface area contributed by atoms with Crippen LogP contribution in [0.25, 0.3) is 0 Å². The van der Waals surface area contributed by atoms with Crippen molar-refractivity contribution in [3.8, 4) is 6.07 Å². The largest absolute Gasteiger partial charge is 0.261 e. The summed E-state index contributed by atoms with van der Waals surface area (Å²) in [6, 6.07) is 4.75. The lowest BCUT2D eigenvalue weighted by molar-refractivity contribution is 0.609. The maximum absolute atomic E-state index is 11.2. The summed E-state index contributed by atoms with van der Waals surface area (Å²) in [5.41, 5.74) is 1.30. The smallest absolute Gasteiger partial charge is 0.207 e. The molecule has 0 unspecified atom stereocenters. The van der Waals surface area contributed by atoms with Crippen LogP contribution in [0, 0.1) is 18.3 Å². The van der Waals surface area contributed by atoms with Crippen LogP contribution in [0.15, 0.2) is 17.0 Å². The second kappa shape index (κ2) is 4.40. The molecule has 0 aliphatic carbocycles. The Hall–Kier alpha value is -0.760. The SMILES string of the molecule is Cc1cc(S(=O)(=O)Cl)c(CCl)cc1C#N. The quantitative estimate of drug-likeness (QED) is 0.609. The fraction of sp³-hybridized carbons (Fsp3) is 0.222. The van der Waals surface area contributed by atoms with Gasteiger partial charge in [-0.15, -0.1) is 11.6 Å². The van der Waals surface area contributed by atoms with E-state index < -0.39 is 9.05 Å². The summed E-state index contributed by atoms with van der Waals surface area (Å²) in [6.45, 7) is 1.64. The summed E-state index contributed by atoms with van der Waals surface area (Å²) in [5, 5.41) is 8.76. The fourth-order valence-corrected chi connectivity index (χ4v) is 2.67. The van der Waals surface area contributed by atoms with Crippen molar-refractivity contribution < 1.29 is 8.42 Å². The topological polar surface area (TPSA) is 57.9 Å². The van der Waals surface area contributed by atoms with Crippen molar-refractivity contribution in [2.24, 2.45) is 0 Å². The minimum Gasteiger partial charge on any atom is -0.207 e. The molecule has 80 valence electrons. The molecule has 0 saturated heterocycles. The van der Waals surface area contributed by atoms with Crippen LogP contribution in [0.3, 0.4) is 0 Å². The first-order chi connectivity index (χ1) is 6.90. The molecule has 1 aromatic rings. The van der Waals surface area contributed by atoms with Gasteiger partial charge in [0.15, 0.2) is 0 Å². The highest BCUT2D eigenvalue weighted by Crippen LogP contribution is 2.25. The molecule has 0 aliphatic heterocycles. The van der Waals surface area contributed by atoms with Gasteiger partial charge in [-0.05, 0) is 30.2 Å². The Bertz CT molecular complexity index is 532. The number of rotatable bonds is 2. The molecule has 0 heterocycles. The van der Waals surface area contributed by atoms with Crippen molar-refractivity contribution in [2.75, 3.05) is 0 Å². The monoisotopic (exact) mass is 263 g/mol. The zero-order valence-electron chi connectivity index (χ0n) is 7.79. The van der Waals surface area contributed by atoms with Gasteiger partial charge in [-0.25, -0.2) is 8.42 Å². The number of halogens is 2. The van der Waals surface area contributed by atoms with Crippen molar-refractivity contribution in [1.82, 2.24) is 0 Å². The average molecular weight is 264 g/mol. The lowest BCUT2D eigenvalue weighted by Gasteiger charge is -2.06. The van der Waals surface area contributed by atoms with Crippen LogP contribution in [-0.4, -0.2) is 8.42 Å². The third kappa shape index (κ3) is 2.63. The molecule has 0 radical (unpaired) electrons. The van der Waals surface area contributed by atoms with Crippen molar-refractivity contribution >= 4 is 31.3 Å². The normalized spacial score (nSPS) is 11.1. The van der Waals surface area contributed by atoms with E-state index in [0.717, 1.165) is 0 Å². The fourth-order valence-electron chi connectivity index (χ4n) is 1.18. The summed E-state index contributed by atoms with van der Waals surface area (Å²) < 4.78 is 22.4. The van der Waals surface area contributed by atoms with E-state index >= 15 is 0 Å². The first-order valence-electron chi connectivity index (χ1n) is 3.94. The van der Waals surface area contributed by atoms with Gasteiger partial charge in [0.2, 0.25) is 0 Å². The first-order valence-corrected chi connectivity index (χ1v) is 6.78. The van der Waals surface area contributed by atoms with Gasteiger partial charge in [0.05, 0.1) is 16.5 Å². The maximum Gasteiger partial charge on any atom is 0.261 e. The predicted molar refractivity (Wildman–Crippen MR) is 58.5 cm³/mol. The average Bonchev–Trinajstić information content (AvgIpc) is 2.16. The van der Waals surface area contributed by atoms with Crippen LogP contribution in [-0.2, 0) is 14.9 Å². The Kier molecular flexibility index (Phi) is 3.61. The van der Waals surface area contributed by atoms with E-state index in [1.165, 1.54) is 12.1 Å². The molecular formula is C9H7Cl2NO2S. The van der Waals surface area contributed by atoms with Gasteiger partial charge >= 0.3 is 0 Å². The van der Waals surface area contributed by atoms with Crippen LogP contribution in [0.5, 0.6) is 0 Å². The standard InChI is InChI=1S/C9H7Cl2NO2S/c1-6-2-9(15(11,13)14)7(4-10)3-8(6)5-12/h2-3H,4H2,1H3. The summed E-state index contributed by atoms with van der Waals surface area (Å²) in [7, 11) is 1.43. The highest BCUT2D eigenvalue weighted by Gasteiger charge is 2.17. The predicted octanol–water partition coefficient (Wildman–Crippen LogP) is 2.53. The minimum atomic E-state index is -3.81. The molecule has 6 heteroatoms. The van der Waals surface area contributed by atoms with Crippen LogP contribution in [0.4, 0.5) is 0 Å². The third-order valence-corrected chi connectivity index (χ3v) is 3.63. The highest BCUT2D eigenvalue weighted by molar-refractivity contribution is 8.13. The van der Waals surface area contributed by atoms with Gasteiger partial charge in [0.1, 0.15) is 0 Å². The van der Waals surface area contributed by atoms with Gasteiger partial charge in [0, 0.05) is 16.6 Å². The van der Waals surface area contributed by atoms with E-state index in [4.69, 9.17) is 27.5 Å². The van der Waals surface area contributed by atoms with E-state index in [9.17, 15) is 8.42 Å². The first kappa shape index (κ1) is 12.3. The molecule has 0 atom stereocenters. The number of nitrogens with zero attached hydrogens (tertiary/aromatic N) is 1. The molecule has 0 aliphatic rings. The van der Waals surface area contributed by atoms with Crippen molar-refractivity contribution in [1.29, 1.82) is 5.26 Å². The molecule has 15 heavy (non-hydrogen) atoms. The highest BCUT2D eigenvalue weighted by atomic mass is 35.7. The van der Waals surface area contributed by atoms with E-state index in [0.29, 0.717) is 16.7 Å². The zero-order chi connectivity index (χ0) is 11.6. The molecule has 1 rings (SSSR count). The Morgan fingerprint density at radius 3 is 2.47 bits per heavy atom. The molecular weight excluding hydrogens is 257 g/mol. The molecule has 0 fully saturated rings. The van der Waals surface area contributed by atoms with E-state index in [2.05, 4.69) is 0 Å². The van der Waals surface area contributed by atoms with Gasteiger partial charge in [0.25, 0.3) is 9.05 Å². The van der Waals surface area contributed by atoms with E-state index in [-0.39, 0.29) is 10.8 Å². The molecule has 0 amide bonds. The third-order valence-electron chi connectivity index (χ3n) is 1.93. The Morgan fingerprint density at radius 1 is 1.47 bits per heavy atom. The van der Waals surface area contributed by atoms with Crippen LogP contribution in [0.2, 0.25) is 0 Å². The Morgan fingerprint density at radius 2 is 2.07 bits per heavy atom.